The largest absolute Gasteiger partial charge is 0.185 e. The molecule has 0 heterocycles. The van der Waals surface area contributed by atoms with Gasteiger partial charge in [-0.2, -0.15) is 5.26 Å². The molecule has 1 nitrogen and oxygen atoms in total. The predicted octanol–water partition coefficient (Wildman–Crippen LogP) is 4.79. The van der Waals surface area contributed by atoms with Crippen molar-refractivity contribution in [2.45, 2.75) is 12.8 Å². The summed E-state index contributed by atoms with van der Waals surface area (Å²) in [6, 6.07) is 3.42. The maximum atomic E-state index is 8.36. The van der Waals surface area contributed by atoms with Gasteiger partial charge < -0.3 is 0 Å². The SMILES string of the molecule is N#CSCCCc1c(Cl)ccc(Cl)c1Cl. The molecule has 0 amide bonds. The second kappa shape index (κ2) is 6.50. The van der Waals surface area contributed by atoms with E-state index in [0.717, 1.165) is 24.2 Å². The first-order valence-corrected chi connectivity index (χ1v) is 6.42. The van der Waals surface area contributed by atoms with Crippen LogP contribution < -0.4 is 0 Å². The minimum atomic E-state index is 0.518. The third-order valence-electron chi connectivity index (χ3n) is 1.88. The Balaban J connectivity index is 2.68. The number of rotatable bonds is 4. The monoisotopic (exact) mass is 279 g/mol. The van der Waals surface area contributed by atoms with Gasteiger partial charge in [0.2, 0.25) is 0 Å². The van der Waals surface area contributed by atoms with E-state index in [1.54, 1.807) is 12.1 Å². The summed E-state index contributed by atoms with van der Waals surface area (Å²) >= 11 is 19.1. The highest BCUT2D eigenvalue weighted by Gasteiger charge is 2.08. The quantitative estimate of drug-likeness (QED) is 0.450. The third-order valence-corrected chi connectivity index (χ3v) is 3.70. The zero-order valence-corrected chi connectivity index (χ0v) is 10.8. The molecule has 0 saturated heterocycles. The average molecular weight is 281 g/mol. The van der Waals surface area contributed by atoms with Gasteiger partial charge in [-0.1, -0.05) is 34.8 Å². The summed E-state index contributed by atoms with van der Waals surface area (Å²) in [5.41, 5.74) is 0.865. The fourth-order valence-electron chi connectivity index (χ4n) is 1.16. The highest BCUT2D eigenvalue weighted by molar-refractivity contribution is 8.03. The number of thiocyanates is 1. The van der Waals surface area contributed by atoms with Gasteiger partial charge in [-0.05, 0) is 42.3 Å². The van der Waals surface area contributed by atoms with Crippen molar-refractivity contribution in [1.29, 1.82) is 5.26 Å². The minimum absolute atomic E-state index is 0.518. The van der Waals surface area contributed by atoms with Crippen LogP contribution in [0.25, 0.3) is 0 Å². The Bertz CT molecular complexity index is 387. The fourth-order valence-corrected chi connectivity index (χ4v) is 2.28. The van der Waals surface area contributed by atoms with Crippen molar-refractivity contribution >= 4 is 46.6 Å². The van der Waals surface area contributed by atoms with Crippen LogP contribution in [0, 0.1) is 10.7 Å². The van der Waals surface area contributed by atoms with Crippen molar-refractivity contribution in [3.8, 4) is 5.40 Å². The van der Waals surface area contributed by atoms with Crippen molar-refractivity contribution in [3.05, 3.63) is 32.8 Å². The van der Waals surface area contributed by atoms with Gasteiger partial charge in [-0.3, -0.25) is 0 Å². The molecular weight excluding hydrogens is 273 g/mol. The molecule has 80 valence electrons. The van der Waals surface area contributed by atoms with E-state index in [1.165, 1.54) is 11.8 Å². The lowest BCUT2D eigenvalue weighted by molar-refractivity contribution is 0.935. The summed E-state index contributed by atoms with van der Waals surface area (Å²) in [7, 11) is 0. The van der Waals surface area contributed by atoms with Crippen LogP contribution >= 0.6 is 46.6 Å². The normalized spacial score (nSPS) is 10.0. The molecule has 0 unspecified atom stereocenters. The Kier molecular flexibility index (Phi) is 5.63. The molecule has 0 radical (unpaired) electrons. The van der Waals surface area contributed by atoms with E-state index >= 15 is 0 Å². The standard InChI is InChI=1S/C10H8Cl3NS/c11-8-3-4-9(12)10(13)7(8)2-1-5-15-6-14/h3-4H,1-2,5H2. The summed E-state index contributed by atoms with van der Waals surface area (Å²) < 4.78 is 0. The van der Waals surface area contributed by atoms with Crippen LogP contribution in [0.5, 0.6) is 0 Å². The van der Waals surface area contributed by atoms with E-state index in [0.29, 0.717) is 15.1 Å². The zero-order valence-electron chi connectivity index (χ0n) is 7.77. The first-order valence-electron chi connectivity index (χ1n) is 4.30. The number of nitriles is 1. The van der Waals surface area contributed by atoms with E-state index in [-0.39, 0.29) is 0 Å². The summed E-state index contributed by atoms with van der Waals surface area (Å²) in [6.07, 6.45) is 1.60. The second-order valence-electron chi connectivity index (χ2n) is 2.87. The van der Waals surface area contributed by atoms with Gasteiger partial charge in [0.05, 0.1) is 10.0 Å². The average Bonchev–Trinajstić information content (AvgIpc) is 2.23. The number of hydrogen-bond donors (Lipinski definition) is 0. The van der Waals surface area contributed by atoms with E-state index in [4.69, 9.17) is 40.1 Å². The first-order chi connectivity index (χ1) is 7.16. The molecule has 1 aromatic rings. The van der Waals surface area contributed by atoms with Crippen LogP contribution in [0.4, 0.5) is 0 Å². The molecular formula is C10H8Cl3NS. The Morgan fingerprint density at radius 1 is 1.20 bits per heavy atom. The number of benzene rings is 1. The van der Waals surface area contributed by atoms with Crippen molar-refractivity contribution in [1.82, 2.24) is 0 Å². The predicted molar refractivity (Wildman–Crippen MR) is 67.9 cm³/mol. The number of halogens is 3. The van der Waals surface area contributed by atoms with Gasteiger partial charge in [-0.25, -0.2) is 0 Å². The van der Waals surface area contributed by atoms with Crippen LogP contribution in [-0.2, 0) is 6.42 Å². The van der Waals surface area contributed by atoms with E-state index in [9.17, 15) is 0 Å². The molecule has 0 aliphatic carbocycles. The molecule has 1 rings (SSSR count). The summed E-state index contributed by atoms with van der Waals surface area (Å²) in [4.78, 5) is 0. The van der Waals surface area contributed by atoms with Crippen molar-refractivity contribution in [2.75, 3.05) is 5.75 Å². The maximum absolute atomic E-state index is 8.36. The van der Waals surface area contributed by atoms with Gasteiger partial charge in [0, 0.05) is 10.8 Å². The summed E-state index contributed by atoms with van der Waals surface area (Å²) in [6.45, 7) is 0. The lowest BCUT2D eigenvalue weighted by Crippen LogP contribution is -1.91. The lowest BCUT2D eigenvalue weighted by atomic mass is 10.1. The number of hydrogen-bond acceptors (Lipinski definition) is 2. The molecule has 0 bridgehead atoms. The second-order valence-corrected chi connectivity index (χ2v) is 4.94. The fraction of sp³-hybridized carbons (Fsp3) is 0.300. The van der Waals surface area contributed by atoms with Gasteiger partial charge in [0.25, 0.3) is 0 Å². The smallest absolute Gasteiger partial charge is 0.133 e. The first kappa shape index (κ1) is 13.0. The molecule has 5 heteroatoms. The molecule has 0 aliphatic heterocycles. The van der Waals surface area contributed by atoms with Gasteiger partial charge in [0.15, 0.2) is 0 Å². The molecule has 15 heavy (non-hydrogen) atoms. The molecule has 0 spiro atoms. The third kappa shape index (κ3) is 3.77. The van der Waals surface area contributed by atoms with Crippen LogP contribution in [0.2, 0.25) is 15.1 Å². The van der Waals surface area contributed by atoms with Gasteiger partial charge in [0.1, 0.15) is 5.40 Å². The molecule has 0 aliphatic rings. The molecule has 0 N–H and O–H groups in total. The van der Waals surface area contributed by atoms with Crippen LogP contribution in [0.15, 0.2) is 12.1 Å². The Morgan fingerprint density at radius 2 is 1.87 bits per heavy atom. The Labute approximate surface area is 108 Å². The summed E-state index contributed by atoms with van der Waals surface area (Å²) in [5, 5.41) is 12.0. The molecule has 0 fully saturated rings. The molecule has 0 atom stereocenters. The van der Waals surface area contributed by atoms with Crippen molar-refractivity contribution in [2.24, 2.45) is 0 Å². The highest BCUT2D eigenvalue weighted by atomic mass is 35.5. The molecule has 0 aromatic heterocycles. The van der Waals surface area contributed by atoms with Gasteiger partial charge in [-0.15, -0.1) is 0 Å². The number of thioether (sulfide) groups is 1. The van der Waals surface area contributed by atoms with E-state index in [2.05, 4.69) is 0 Å². The van der Waals surface area contributed by atoms with E-state index in [1.807, 2.05) is 5.40 Å². The lowest BCUT2D eigenvalue weighted by Gasteiger charge is -2.07. The molecule has 1 aromatic carbocycles. The van der Waals surface area contributed by atoms with Crippen LogP contribution in [0.3, 0.4) is 0 Å². The van der Waals surface area contributed by atoms with Crippen LogP contribution in [0.1, 0.15) is 12.0 Å². The van der Waals surface area contributed by atoms with Crippen LogP contribution in [-0.4, -0.2) is 5.75 Å². The summed E-state index contributed by atoms with van der Waals surface area (Å²) in [5.74, 6) is 0.773. The zero-order chi connectivity index (χ0) is 11.3. The topological polar surface area (TPSA) is 23.8 Å². The van der Waals surface area contributed by atoms with E-state index < -0.39 is 0 Å². The van der Waals surface area contributed by atoms with Gasteiger partial charge >= 0.3 is 0 Å². The maximum Gasteiger partial charge on any atom is 0.133 e. The molecule has 0 saturated carbocycles. The van der Waals surface area contributed by atoms with Crippen molar-refractivity contribution in [3.63, 3.8) is 0 Å². The number of nitrogens with zero attached hydrogens (tertiary/aromatic N) is 1. The Hall–Kier alpha value is -0.0700. The minimum Gasteiger partial charge on any atom is -0.185 e. The van der Waals surface area contributed by atoms with Crippen molar-refractivity contribution < 1.29 is 0 Å². The Morgan fingerprint density at radius 3 is 2.53 bits per heavy atom. The highest BCUT2D eigenvalue weighted by Crippen LogP contribution is 2.32.